The van der Waals surface area contributed by atoms with Crippen LogP contribution < -0.4 is 16.0 Å². The number of amides is 2. The highest BCUT2D eigenvalue weighted by Gasteiger charge is 2.19. The third-order valence-corrected chi connectivity index (χ3v) is 4.37. The maximum atomic E-state index is 12.6. The van der Waals surface area contributed by atoms with Gasteiger partial charge >= 0.3 is 0 Å². The van der Waals surface area contributed by atoms with Gasteiger partial charge in [-0.15, -0.1) is 24.8 Å². The number of pyridine rings is 1. The Morgan fingerprint density at radius 2 is 1.89 bits per heavy atom. The van der Waals surface area contributed by atoms with E-state index in [-0.39, 0.29) is 36.6 Å². The number of carbonyl (C=O) groups excluding carboxylic acids is 2. The molecule has 27 heavy (non-hydrogen) atoms. The summed E-state index contributed by atoms with van der Waals surface area (Å²) in [6, 6.07) is 9.02. The summed E-state index contributed by atoms with van der Waals surface area (Å²) in [6.07, 6.45) is 5.34. The lowest BCUT2D eigenvalue weighted by Crippen LogP contribution is -2.37. The first kappa shape index (κ1) is 22.9. The Hall–Kier alpha value is -2.15. The Bertz CT molecular complexity index is 766. The van der Waals surface area contributed by atoms with Crippen LogP contribution in [0.5, 0.6) is 0 Å². The van der Waals surface area contributed by atoms with Gasteiger partial charge in [0, 0.05) is 30.5 Å². The van der Waals surface area contributed by atoms with Crippen LogP contribution in [-0.2, 0) is 0 Å². The molecule has 1 aliphatic rings. The summed E-state index contributed by atoms with van der Waals surface area (Å²) < 4.78 is 0. The van der Waals surface area contributed by atoms with Crippen LogP contribution in [0.1, 0.15) is 39.1 Å². The number of hydrogen-bond acceptors (Lipinski definition) is 4. The molecule has 0 saturated carbocycles. The van der Waals surface area contributed by atoms with E-state index >= 15 is 0 Å². The second-order valence-corrected chi connectivity index (χ2v) is 6.19. The molecule has 0 spiro atoms. The molecule has 1 saturated heterocycles. The maximum Gasteiger partial charge on any atom is 0.255 e. The van der Waals surface area contributed by atoms with Crippen LogP contribution >= 0.6 is 24.8 Å². The largest absolute Gasteiger partial charge is 0.350 e. The van der Waals surface area contributed by atoms with Crippen molar-refractivity contribution >= 4 is 42.3 Å². The average molecular weight is 411 g/mol. The molecule has 3 rings (SSSR count). The first-order valence-corrected chi connectivity index (χ1v) is 8.47. The molecule has 1 aromatic heterocycles. The van der Waals surface area contributed by atoms with Crippen LogP contribution in [0.3, 0.4) is 0 Å². The Morgan fingerprint density at radius 3 is 2.56 bits per heavy atom. The molecule has 3 N–H and O–H groups in total. The second kappa shape index (κ2) is 10.9. The van der Waals surface area contributed by atoms with Crippen molar-refractivity contribution in [2.24, 2.45) is 0 Å². The standard InChI is InChI=1S/C19H22N4O2.2ClH/c1-13-4-2-6-16(19(25)22-12-15-5-3-9-21-15)17(13)23-18(24)14-7-10-20-11-8-14;;/h2,4,6-8,10-11,15,21H,3,5,9,12H2,1H3,(H,22,25)(H,23,24);2*1H. The average Bonchev–Trinajstić information content (AvgIpc) is 3.15. The molecule has 1 fully saturated rings. The van der Waals surface area contributed by atoms with Crippen LogP contribution in [0.4, 0.5) is 5.69 Å². The third-order valence-electron chi connectivity index (χ3n) is 4.37. The minimum Gasteiger partial charge on any atom is -0.350 e. The van der Waals surface area contributed by atoms with Crippen molar-refractivity contribution in [3.63, 3.8) is 0 Å². The summed E-state index contributed by atoms with van der Waals surface area (Å²) in [5.74, 6) is -0.439. The lowest BCUT2D eigenvalue weighted by atomic mass is 10.1. The fourth-order valence-corrected chi connectivity index (χ4v) is 2.95. The molecule has 146 valence electrons. The molecule has 8 heteroatoms. The Labute approximate surface area is 171 Å². The molecule has 0 bridgehead atoms. The number of benzene rings is 1. The molecule has 2 amide bonds. The number of nitrogens with one attached hydrogen (secondary N) is 3. The van der Waals surface area contributed by atoms with Crippen molar-refractivity contribution < 1.29 is 9.59 Å². The molecule has 1 aliphatic heterocycles. The van der Waals surface area contributed by atoms with E-state index in [9.17, 15) is 9.59 Å². The highest BCUT2D eigenvalue weighted by molar-refractivity contribution is 6.09. The second-order valence-electron chi connectivity index (χ2n) is 6.19. The van der Waals surface area contributed by atoms with Gasteiger partial charge in [0.15, 0.2) is 0 Å². The van der Waals surface area contributed by atoms with E-state index in [2.05, 4.69) is 20.9 Å². The van der Waals surface area contributed by atoms with E-state index in [0.29, 0.717) is 29.4 Å². The van der Waals surface area contributed by atoms with E-state index in [1.54, 1.807) is 30.6 Å². The van der Waals surface area contributed by atoms with Gasteiger partial charge in [-0.3, -0.25) is 14.6 Å². The van der Waals surface area contributed by atoms with Gasteiger partial charge in [0.2, 0.25) is 0 Å². The predicted octanol–water partition coefficient (Wildman–Crippen LogP) is 2.97. The van der Waals surface area contributed by atoms with Gasteiger partial charge in [0.25, 0.3) is 11.8 Å². The monoisotopic (exact) mass is 410 g/mol. The van der Waals surface area contributed by atoms with Crippen LogP contribution in [-0.4, -0.2) is 35.9 Å². The van der Waals surface area contributed by atoms with Crippen LogP contribution in [0.2, 0.25) is 0 Å². The number of aryl methyl sites for hydroxylation is 1. The van der Waals surface area contributed by atoms with Gasteiger partial charge in [0.05, 0.1) is 11.3 Å². The molecule has 0 radical (unpaired) electrons. The molecular weight excluding hydrogens is 387 g/mol. The highest BCUT2D eigenvalue weighted by atomic mass is 35.5. The SMILES string of the molecule is Cc1cccc(C(=O)NCC2CCCN2)c1NC(=O)c1ccncc1.Cl.Cl. The van der Waals surface area contributed by atoms with E-state index in [4.69, 9.17) is 0 Å². The van der Waals surface area contributed by atoms with Gasteiger partial charge in [-0.25, -0.2) is 0 Å². The van der Waals surface area contributed by atoms with Gasteiger partial charge in [0.1, 0.15) is 0 Å². The Balaban J connectivity index is 0.00000182. The van der Waals surface area contributed by atoms with Gasteiger partial charge in [-0.2, -0.15) is 0 Å². The molecule has 6 nitrogen and oxygen atoms in total. The highest BCUT2D eigenvalue weighted by Crippen LogP contribution is 2.21. The normalized spacial score (nSPS) is 15.2. The number of anilines is 1. The summed E-state index contributed by atoms with van der Waals surface area (Å²) in [7, 11) is 0. The predicted molar refractivity (Wildman–Crippen MR) is 111 cm³/mol. The zero-order valence-corrected chi connectivity index (χ0v) is 16.7. The minimum atomic E-state index is -0.261. The quantitative estimate of drug-likeness (QED) is 0.707. The summed E-state index contributed by atoms with van der Waals surface area (Å²) in [5, 5.41) is 9.17. The zero-order chi connectivity index (χ0) is 17.6. The molecular formula is C19H24Cl2N4O2. The third kappa shape index (κ3) is 5.92. The van der Waals surface area contributed by atoms with Gasteiger partial charge in [-0.05, 0) is 50.1 Å². The van der Waals surface area contributed by atoms with Crippen LogP contribution in [0.15, 0.2) is 42.7 Å². The Kier molecular flexibility index (Phi) is 9.21. The first-order valence-electron chi connectivity index (χ1n) is 8.47. The van der Waals surface area contributed by atoms with Crippen molar-refractivity contribution in [1.29, 1.82) is 0 Å². The van der Waals surface area contributed by atoms with E-state index in [1.165, 1.54) is 0 Å². The van der Waals surface area contributed by atoms with Crippen molar-refractivity contribution in [2.75, 3.05) is 18.4 Å². The van der Waals surface area contributed by atoms with Crippen LogP contribution in [0, 0.1) is 6.92 Å². The number of halogens is 2. The summed E-state index contributed by atoms with van der Waals surface area (Å²) >= 11 is 0. The lowest BCUT2D eigenvalue weighted by Gasteiger charge is -2.16. The lowest BCUT2D eigenvalue weighted by molar-refractivity contribution is 0.0951. The van der Waals surface area contributed by atoms with Crippen molar-refractivity contribution in [3.8, 4) is 0 Å². The van der Waals surface area contributed by atoms with Gasteiger partial charge in [-0.1, -0.05) is 12.1 Å². The summed E-state index contributed by atoms with van der Waals surface area (Å²) in [4.78, 5) is 28.9. The number of rotatable bonds is 5. The molecule has 1 unspecified atom stereocenters. The number of carbonyl (C=O) groups is 2. The molecule has 2 aromatic rings. The summed E-state index contributed by atoms with van der Waals surface area (Å²) in [5.41, 5.74) is 2.36. The van der Waals surface area contributed by atoms with Crippen LogP contribution in [0.25, 0.3) is 0 Å². The van der Waals surface area contributed by atoms with Crippen molar-refractivity contribution in [1.82, 2.24) is 15.6 Å². The minimum absolute atomic E-state index is 0. The maximum absolute atomic E-state index is 12.6. The number of nitrogens with zero attached hydrogens (tertiary/aromatic N) is 1. The molecule has 1 aromatic carbocycles. The van der Waals surface area contributed by atoms with E-state index in [1.807, 2.05) is 19.1 Å². The van der Waals surface area contributed by atoms with E-state index in [0.717, 1.165) is 24.9 Å². The molecule has 1 atom stereocenters. The smallest absolute Gasteiger partial charge is 0.255 e. The molecule has 0 aliphatic carbocycles. The van der Waals surface area contributed by atoms with Gasteiger partial charge < -0.3 is 16.0 Å². The number of para-hydroxylation sites is 1. The van der Waals surface area contributed by atoms with E-state index < -0.39 is 0 Å². The summed E-state index contributed by atoms with van der Waals surface area (Å²) in [6.45, 7) is 3.46. The van der Waals surface area contributed by atoms with Crippen molar-refractivity contribution in [3.05, 3.63) is 59.4 Å². The fourth-order valence-electron chi connectivity index (χ4n) is 2.95. The van der Waals surface area contributed by atoms with Crippen molar-refractivity contribution in [2.45, 2.75) is 25.8 Å². The Morgan fingerprint density at radius 1 is 1.15 bits per heavy atom. The first-order chi connectivity index (χ1) is 12.1. The number of aromatic nitrogens is 1. The fraction of sp³-hybridized carbons (Fsp3) is 0.316. The zero-order valence-electron chi connectivity index (χ0n) is 15.0. The topological polar surface area (TPSA) is 83.1 Å². The number of hydrogen-bond donors (Lipinski definition) is 3. The molecule has 2 heterocycles.